The zero-order chi connectivity index (χ0) is 13.7. The number of aromatic nitrogens is 2. The molecule has 19 heavy (non-hydrogen) atoms. The average Bonchev–Trinajstić information content (AvgIpc) is 2.94. The lowest BCUT2D eigenvalue weighted by molar-refractivity contribution is 0.103. The van der Waals surface area contributed by atoms with Gasteiger partial charge in [0.25, 0.3) is 0 Å². The van der Waals surface area contributed by atoms with Crippen molar-refractivity contribution in [1.29, 1.82) is 0 Å². The minimum atomic E-state index is 0.128. The highest BCUT2D eigenvalue weighted by atomic mass is 16.5. The molecule has 5 heteroatoms. The Hall–Kier alpha value is -0.940. The third kappa shape index (κ3) is 5.28. The molecular formula is C14H25N3O2. The van der Waals surface area contributed by atoms with Gasteiger partial charge in [0.1, 0.15) is 0 Å². The Labute approximate surface area is 115 Å². The van der Waals surface area contributed by atoms with E-state index in [2.05, 4.69) is 36.3 Å². The van der Waals surface area contributed by atoms with Crippen LogP contribution in [0.3, 0.4) is 0 Å². The first kappa shape index (κ1) is 14.5. The van der Waals surface area contributed by atoms with Crippen molar-refractivity contribution in [3.05, 3.63) is 11.8 Å². The zero-order valence-electron chi connectivity index (χ0n) is 12.2. The van der Waals surface area contributed by atoms with Crippen LogP contribution in [0.5, 0.6) is 0 Å². The Kier molecular flexibility index (Phi) is 4.93. The summed E-state index contributed by atoms with van der Waals surface area (Å²) in [4.78, 5) is 0. The summed E-state index contributed by atoms with van der Waals surface area (Å²) in [5, 5.41) is 11.6. The summed E-state index contributed by atoms with van der Waals surface area (Å²) < 4.78 is 11.2. The van der Waals surface area contributed by atoms with Crippen molar-refractivity contribution in [1.82, 2.24) is 15.5 Å². The van der Waals surface area contributed by atoms with Gasteiger partial charge in [0.15, 0.2) is 0 Å². The molecule has 1 atom stereocenters. The standard InChI is InChI=1S/C14H25N3O2/c1-14(2,3)15-9-8-13-17-16-12(19-13)7-6-11-5-4-10-18-11/h11,15H,4-10H2,1-3H3. The summed E-state index contributed by atoms with van der Waals surface area (Å²) >= 11 is 0. The maximum Gasteiger partial charge on any atom is 0.217 e. The van der Waals surface area contributed by atoms with Crippen LogP contribution in [0.15, 0.2) is 4.42 Å². The van der Waals surface area contributed by atoms with Crippen LogP contribution in [0.25, 0.3) is 0 Å². The fourth-order valence-corrected chi connectivity index (χ4v) is 2.19. The predicted octanol–water partition coefficient (Wildman–Crippen LogP) is 2.11. The van der Waals surface area contributed by atoms with Crippen molar-refractivity contribution < 1.29 is 9.15 Å². The Morgan fingerprint density at radius 2 is 1.95 bits per heavy atom. The molecule has 1 saturated heterocycles. The van der Waals surface area contributed by atoms with E-state index in [0.29, 0.717) is 6.10 Å². The van der Waals surface area contributed by atoms with Crippen molar-refractivity contribution in [3.63, 3.8) is 0 Å². The quantitative estimate of drug-likeness (QED) is 0.855. The van der Waals surface area contributed by atoms with Gasteiger partial charge in [-0.25, -0.2) is 0 Å². The van der Waals surface area contributed by atoms with Gasteiger partial charge in [0.2, 0.25) is 11.8 Å². The Balaban J connectivity index is 1.69. The molecule has 0 amide bonds. The number of hydrogen-bond acceptors (Lipinski definition) is 5. The normalized spacial score (nSPS) is 20.1. The van der Waals surface area contributed by atoms with Crippen LogP contribution < -0.4 is 5.32 Å². The van der Waals surface area contributed by atoms with Crippen molar-refractivity contribution >= 4 is 0 Å². The molecule has 0 spiro atoms. The van der Waals surface area contributed by atoms with Gasteiger partial charge < -0.3 is 14.5 Å². The molecule has 1 aliphatic heterocycles. The summed E-state index contributed by atoms with van der Waals surface area (Å²) in [7, 11) is 0. The van der Waals surface area contributed by atoms with Gasteiger partial charge >= 0.3 is 0 Å². The molecule has 5 nitrogen and oxygen atoms in total. The molecule has 2 heterocycles. The van der Waals surface area contributed by atoms with Crippen molar-refractivity contribution in [2.75, 3.05) is 13.2 Å². The second-order valence-corrected chi connectivity index (χ2v) is 6.19. The summed E-state index contributed by atoms with van der Waals surface area (Å²) in [6.45, 7) is 8.20. The molecule has 108 valence electrons. The van der Waals surface area contributed by atoms with Crippen molar-refractivity contribution in [2.24, 2.45) is 0 Å². The van der Waals surface area contributed by atoms with Crippen molar-refractivity contribution in [3.8, 4) is 0 Å². The van der Waals surface area contributed by atoms with Gasteiger partial charge in [-0.05, 0) is 40.0 Å². The van der Waals surface area contributed by atoms with Gasteiger partial charge in [-0.2, -0.15) is 0 Å². The lowest BCUT2D eigenvalue weighted by atomic mass is 10.1. The predicted molar refractivity (Wildman–Crippen MR) is 73.1 cm³/mol. The van der Waals surface area contributed by atoms with Gasteiger partial charge in [0, 0.05) is 31.5 Å². The second kappa shape index (κ2) is 6.48. The van der Waals surface area contributed by atoms with Crippen LogP contribution in [0.2, 0.25) is 0 Å². The molecule has 0 radical (unpaired) electrons. The Morgan fingerprint density at radius 3 is 2.58 bits per heavy atom. The number of aryl methyl sites for hydroxylation is 1. The average molecular weight is 267 g/mol. The van der Waals surface area contributed by atoms with E-state index in [-0.39, 0.29) is 5.54 Å². The van der Waals surface area contributed by atoms with E-state index in [9.17, 15) is 0 Å². The van der Waals surface area contributed by atoms with Gasteiger partial charge in [-0.3, -0.25) is 0 Å². The van der Waals surface area contributed by atoms with E-state index in [1.165, 1.54) is 6.42 Å². The molecule has 2 rings (SSSR count). The first-order valence-electron chi connectivity index (χ1n) is 7.21. The van der Waals surface area contributed by atoms with E-state index >= 15 is 0 Å². The van der Waals surface area contributed by atoms with Gasteiger partial charge in [-0.1, -0.05) is 0 Å². The second-order valence-electron chi connectivity index (χ2n) is 6.19. The summed E-state index contributed by atoms with van der Waals surface area (Å²) in [6, 6.07) is 0. The molecule has 0 aromatic carbocycles. The lowest BCUT2D eigenvalue weighted by Crippen LogP contribution is -2.37. The lowest BCUT2D eigenvalue weighted by Gasteiger charge is -2.19. The highest BCUT2D eigenvalue weighted by Crippen LogP contribution is 2.17. The molecule has 1 aromatic rings. The van der Waals surface area contributed by atoms with Crippen LogP contribution in [-0.4, -0.2) is 35.0 Å². The number of rotatable bonds is 6. The van der Waals surface area contributed by atoms with Crippen LogP contribution in [0.1, 0.15) is 51.8 Å². The van der Waals surface area contributed by atoms with Crippen LogP contribution >= 0.6 is 0 Å². The van der Waals surface area contributed by atoms with Gasteiger partial charge in [-0.15, -0.1) is 10.2 Å². The molecule has 1 fully saturated rings. The largest absolute Gasteiger partial charge is 0.425 e. The monoisotopic (exact) mass is 267 g/mol. The Morgan fingerprint density at radius 1 is 1.21 bits per heavy atom. The minimum Gasteiger partial charge on any atom is -0.425 e. The fraction of sp³-hybridized carbons (Fsp3) is 0.857. The first-order valence-corrected chi connectivity index (χ1v) is 7.21. The van der Waals surface area contributed by atoms with E-state index in [4.69, 9.17) is 9.15 Å². The molecule has 1 aliphatic rings. The summed E-state index contributed by atoms with van der Waals surface area (Å²) in [5.74, 6) is 1.46. The smallest absolute Gasteiger partial charge is 0.217 e. The maximum atomic E-state index is 5.64. The molecule has 0 bridgehead atoms. The van der Waals surface area contributed by atoms with E-state index in [0.717, 1.165) is 50.6 Å². The molecule has 0 aliphatic carbocycles. The molecule has 1 aromatic heterocycles. The molecule has 1 N–H and O–H groups in total. The highest BCUT2D eigenvalue weighted by molar-refractivity contribution is 4.85. The maximum absolute atomic E-state index is 5.64. The number of nitrogens with zero attached hydrogens (tertiary/aromatic N) is 2. The van der Waals surface area contributed by atoms with Crippen molar-refractivity contribution in [2.45, 2.75) is 64.5 Å². The third-order valence-corrected chi connectivity index (χ3v) is 3.21. The number of ether oxygens (including phenoxy) is 1. The topological polar surface area (TPSA) is 60.2 Å². The van der Waals surface area contributed by atoms with Gasteiger partial charge in [0.05, 0.1) is 6.10 Å². The van der Waals surface area contributed by atoms with E-state index in [1.54, 1.807) is 0 Å². The summed E-state index contributed by atoms with van der Waals surface area (Å²) in [6.07, 6.45) is 5.32. The molecular weight excluding hydrogens is 242 g/mol. The fourth-order valence-electron chi connectivity index (χ4n) is 2.19. The summed E-state index contributed by atoms with van der Waals surface area (Å²) in [5.41, 5.74) is 0.128. The highest BCUT2D eigenvalue weighted by Gasteiger charge is 2.17. The third-order valence-electron chi connectivity index (χ3n) is 3.21. The zero-order valence-corrected chi connectivity index (χ0v) is 12.2. The van der Waals surface area contributed by atoms with Crippen LogP contribution in [-0.2, 0) is 17.6 Å². The van der Waals surface area contributed by atoms with Crippen LogP contribution in [0.4, 0.5) is 0 Å². The Bertz CT molecular complexity index is 378. The number of hydrogen-bond donors (Lipinski definition) is 1. The van der Waals surface area contributed by atoms with E-state index < -0.39 is 0 Å². The number of nitrogens with one attached hydrogen (secondary N) is 1. The molecule has 0 saturated carbocycles. The molecule has 1 unspecified atom stereocenters. The first-order chi connectivity index (χ1) is 9.03. The minimum absolute atomic E-state index is 0.128. The van der Waals surface area contributed by atoms with Crippen LogP contribution in [0, 0.1) is 0 Å². The van der Waals surface area contributed by atoms with E-state index in [1.807, 2.05) is 0 Å². The SMILES string of the molecule is CC(C)(C)NCCc1nnc(CCC2CCCO2)o1.